The average Bonchev–Trinajstić information content (AvgIpc) is 3.05. The highest BCUT2D eigenvalue weighted by atomic mass is 19.4. The van der Waals surface area contributed by atoms with Crippen molar-refractivity contribution in [2.24, 2.45) is 0 Å². The third-order valence-electron chi connectivity index (χ3n) is 2.49. The molecule has 0 radical (unpaired) electrons. The van der Waals surface area contributed by atoms with Gasteiger partial charge in [-0.15, -0.1) is 0 Å². The summed E-state index contributed by atoms with van der Waals surface area (Å²) in [5.74, 6) is -0.494. The minimum atomic E-state index is -4.19. The molecule has 0 bridgehead atoms. The lowest BCUT2D eigenvalue weighted by atomic mass is 10.4. The Morgan fingerprint density at radius 1 is 1.39 bits per heavy atom. The van der Waals surface area contributed by atoms with Crippen molar-refractivity contribution in [3.8, 4) is 0 Å². The second-order valence-corrected chi connectivity index (χ2v) is 4.17. The molecule has 0 N–H and O–H groups in total. The minimum Gasteiger partial charge on any atom is -0.464 e. The third-order valence-corrected chi connectivity index (χ3v) is 2.49. The van der Waals surface area contributed by atoms with E-state index < -0.39 is 18.7 Å². The highest BCUT2D eigenvalue weighted by Gasteiger charge is 2.37. The van der Waals surface area contributed by atoms with E-state index in [1.54, 1.807) is 6.92 Å². The number of hydrogen-bond donors (Lipinski definition) is 0. The predicted octanol–water partition coefficient (Wildman–Crippen LogP) is 1.59. The Kier molecular flexibility index (Phi) is 5.87. The molecular formula is C11H18F3NO3. The molecule has 0 amide bonds. The van der Waals surface area contributed by atoms with Crippen LogP contribution in [-0.4, -0.2) is 56.0 Å². The molecule has 0 unspecified atom stereocenters. The number of esters is 1. The Hall–Kier alpha value is -0.820. The molecule has 0 aromatic rings. The second-order valence-electron chi connectivity index (χ2n) is 4.17. The minimum absolute atomic E-state index is 0.0119. The molecule has 1 aliphatic rings. The van der Waals surface area contributed by atoms with E-state index in [1.807, 2.05) is 0 Å². The normalized spacial score (nSPS) is 16.1. The van der Waals surface area contributed by atoms with Gasteiger partial charge in [-0.25, -0.2) is 4.79 Å². The number of carbonyl (C=O) groups excluding carboxylic acids is 1. The standard InChI is InChI=1S/C11H18F3NO3/c1-2-18-10(16)7-17-6-5-15(9-3-4-9)8-11(12,13)14/h9H,2-8H2,1H3. The maximum Gasteiger partial charge on any atom is 0.401 e. The van der Waals surface area contributed by atoms with Gasteiger partial charge >= 0.3 is 12.1 Å². The average molecular weight is 269 g/mol. The van der Waals surface area contributed by atoms with Crippen molar-refractivity contribution in [3.63, 3.8) is 0 Å². The number of rotatable bonds is 8. The third kappa shape index (κ3) is 6.80. The first-order chi connectivity index (χ1) is 8.42. The first kappa shape index (κ1) is 15.2. The van der Waals surface area contributed by atoms with Crippen LogP contribution in [0.4, 0.5) is 13.2 Å². The Labute approximate surface area is 104 Å². The number of halogens is 3. The zero-order chi connectivity index (χ0) is 13.6. The van der Waals surface area contributed by atoms with Crippen LogP contribution in [0.3, 0.4) is 0 Å². The molecule has 0 heterocycles. The lowest BCUT2D eigenvalue weighted by Gasteiger charge is -2.22. The SMILES string of the molecule is CCOC(=O)COCCN(CC(F)(F)F)C1CC1. The molecule has 1 rings (SSSR count). The fourth-order valence-corrected chi connectivity index (χ4v) is 1.60. The maximum absolute atomic E-state index is 12.3. The van der Waals surface area contributed by atoms with Gasteiger partial charge in [0.05, 0.1) is 19.8 Å². The van der Waals surface area contributed by atoms with E-state index in [0.717, 1.165) is 12.8 Å². The van der Waals surface area contributed by atoms with E-state index >= 15 is 0 Å². The summed E-state index contributed by atoms with van der Waals surface area (Å²) in [6.07, 6.45) is -2.59. The van der Waals surface area contributed by atoms with Gasteiger partial charge in [0.2, 0.25) is 0 Å². The number of hydrogen-bond acceptors (Lipinski definition) is 4. The van der Waals surface area contributed by atoms with Crippen LogP contribution in [0.5, 0.6) is 0 Å². The van der Waals surface area contributed by atoms with Gasteiger partial charge in [-0.1, -0.05) is 0 Å². The van der Waals surface area contributed by atoms with Gasteiger partial charge < -0.3 is 9.47 Å². The maximum atomic E-state index is 12.3. The van der Waals surface area contributed by atoms with E-state index in [0.29, 0.717) is 0 Å². The van der Waals surface area contributed by atoms with E-state index in [2.05, 4.69) is 4.74 Å². The van der Waals surface area contributed by atoms with Gasteiger partial charge in [0, 0.05) is 12.6 Å². The van der Waals surface area contributed by atoms with Crippen LogP contribution in [0.1, 0.15) is 19.8 Å². The van der Waals surface area contributed by atoms with Crippen LogP contribution in [0.2, 0.25) is 0 Å². The molecule has 7 heteroatoms. The van der Waals surface area contributed by atoms with Crippen molar-refractivity contribution < 1.29 is 27.4 Å². The molecule has 0 aromatic heterocycles. The lowest BCUT2D eigenvalue weighted by Crippen LogP contribution is -2.38. The fourth-order valence-electron chi connectivity index (χ4n) is 1.60. The largest absolute Gasteiger partial charge is 0.464 e. The van der Waals surface area contributed by atoms with Crippen molar-refractivity contribution >= 4 is 5.97 Å². The molecule has 1 fully saturated rings. The van der Waals surface area contributed by atoms with Gasteiger partial charge in [-0.2, -0.15) is 13.2 Å². The summed E-state index contributed by atoms with van der Waals surface area (Å²) in [4.78, 5) is 12.3. The molecule has 1 aliphatic carbocycles. The highest BCUT2D eigenvalue weighted by Crippen LogP contribution is 2.29. The van der Waals surface area contributed by atoms with E-state index in [4.69, 9.17) is 4.74 Å². The van der Waals surface area contributed by atoms with Crippen molar-refractivity contribution in [1.29, 1.82) is 0 Å². The van der Waals surface area contributed by atoms with Crippen LogP contribution in [0.15, 0.2) is 0 Å². The topological polar surface area (TPSA) is 38.8 Å². The lowest BCUT2D eigenvalue weighted by molar-refractivity contribution is -0.153. The number of ether oxygens (including phenoxy) is 2. The summed E-state index contributed by atoms with van der Waals surface area (Å²) >= 11 is 0. The second kappa shape index (κ2) is 6.94. The van der Waals surface area contributed by atoms with Crippen molar-refractivity contribution in [2.45, 2.75) is 32.0 Å². The van der Waals surface area contributed by atoms with Gasteiger partial charge in [0.15, 0.2) is 0 Å². The predicted molar refractivity (Wildman–Crippen MR) is 58.1 cm³/mol. The first-order valence-electron chi connectivity index (χ1n) is 5.96. The van der Waals surface area contributed by atoms with Gasteiger partial charge in [0.25, 0.3) is 0 Å². The van der Waals surface area contributed by atoms with Gasteiger partial charge in [-0.05, 0) is 19.8 Å². The smallest absolute Gasteiger partial charge is 0.401 e. The van der Waals surface area contributed by atoms with Crippen LogP contribution >= 0.6 is 0 Å². The zero-order valence-corrected chi connectivity index (χ0v) is 10.3. The molecule has 0 aromatic carbocycles. The van der Waals surface area contributed by atoms with E-state index in [1.165, 1.54) is 4.90 Å². The fraction of sp³-hybridized carbons (Fsp3) is 0.909. The molecule has 0 spiro atoms. The molecule has 1 saturated carbocycles. The van der Waals surface area contributed by atoms with E-state index in [-0.39, 0.29) is 32.4 Å². The monoisotopic (exact) mass is 269 g/mol. The van der Waals surface area contributed by atoms with Crippen LogP contribution in [-0.2, 0) is 14.3 Å². The summed E-state index contributed by atoms with van der Waals surface area (Å²) in [6, 6.07) is 0.0119. The molecule has 0 aliphatic heterocycles. The van der Waals surface area contributed by atoms with Gasteiger partial charge in [0.1, 0.15) is 6.61 Å². The molecule has 4 nitrogen and oxygen atoms in total. The molecule has 0 atom stereocenters. The molecule has 106 valence electrons. The van der Waals surface area contributed by atoms with Crippen molar-refractivity contribution in [1.82, 2.24) is 4.90 Å². The van der Waals surface area contributed by atoms with Crippen LogP contribution < -0.4 is 0 Å². The number of carbonyl (C=O) groups is 1. The Morgan fingerprint density at radius 2 is 2.06 bits per heavy atom. The number of nitrogens with zero attached hydrogens (tertiary/aromatic N) is 1. The Bertz CT molecular complexity index is 267. The van der Waals surface area contributed by atoms with Crippen LogP contribution in [0.25, 0.3) is 0 Å². The summed E-state index contributed by atoms with van der Waals surface area (Å²) in [7, 11) is 0. The van der Waals surface area contributed by atoms with Crippen LogP contribution in [0, 0.1) is 0 Å². The molecule has 0 saturated heterocycles. The quantitative estimate of drug-likeness (QED) is 0.495. The van der Waals surface area contributed by atoms with E-state index in [9.17, 15) is 18.0 Å². The van der Waals surface area contributed by atoms with Crippen molar-refractivity contribution in [2.75, 3.05) is 32.9 Å². The zero-order valence-electron chi connectivity index (χ0n) is 10.3. The summed E-state index contributed by atoms with van der Waals surface area (Å²) in [6.45, 7) is 1.11. The van der Waals surface area contributed by atoms with Gasteiger partial charge in [-0.3, -0.25) is 4.90 Å². The summed E-state index contributed by atoms with van der Waals surface area (Å²) in [5.41, 5.74) is 0. The summed E-state index contributed by atoms with van der Waals surface area (Å²) in [5, 5.41) is 0. The Balaban J connectivity index is 2.16. The molecular weight excluding hydrogens is 251 g/mol. The first-order valence-corrected chi connectivity index (χ1v) is 5.96. The number of alkyl halides is 3. The molecule has 18 heavy (non-hydrogen) atoms. The summed E-state index contributed by atoms with van der Waals surface area (Å²) < 4.78 is 46.4. The Morgan fingerprint density at radius 3 is 2.56 bits per heavy atom. The highest BCUT2D eigenvalue weighted by molar-refractivity contribution is 5.70. The van der Waals surface area contributed by atoms with Crippen molar-refractivity contribution in [3.05, 3.63) is 0 Å².